The Morgan fingerprint density at radius 3 is 2.21 bits per heavy atom. The van der Waals surface area contributed by atoms with Crippen LogP contribution in [0.15, 0.2) is 29.2 Å². The van der Waals surface area contributed by atoms with Crippen LogP contribution in [0.4, 0.5) is 8.78 Å². The van der Waals surface area contributed by atoms with Gasteiger partial charge in [-0.15, -0.1) is 0 Å². The summed E-state index contributed by atoms with van der Waals surface area (Å²) >= 11 is 0. The molecule has 0 heterocycles. The summed E-state index contributed by atoms with van der Waals surface area (Å²) in [5.74, 6) is 0. The predicted octanol–water partition coefficient (Wildman–Crippen LogP) is 1.18. The fraction of sp³-hybridized carbons (Fsp3) is 0.333. The summed E-state index contributed by atoms with van der Waals surface area (Å²) in [6.07, 6.45) is 0. The van der Waals surface area contributed by atoms with Crippen molar-refractivity contribution in [2.24, 2.45) is 0 Å². The molecule has 108 valence electrons. The minimum atomic E-state index is -5.74. The molecule has 0 atom stereocenters. The van der Waals surface area contributed by atoms with Crippen LogP contribution in [0.2, 0.25) is 0 Å². The van der Waals surface area contributed by atoms with Crippen LogP contribution in [0.25, 0.3) is 0 Å². The van der Waals surface area contributed by atoms with Crippen LogP contribution in [0.5, 0.6) is 0 Å². The van der Waals surface area contributed by atoms with Gasteiger partial charge in [0.15, 0.2) is 0 Å². The average Bonchev–Trinajstić information content (AvgIpc) is 2.25. The molecule has 1 N–H and O–H groups in total. The molecule has 0 aliphatic carbocycles. The third-order valence-electron chi connectivity index (χ3n) is 2.12. The lowest BCUT2D eigenvalue weighted by molar-refractivity contribution is 0.0312. The molecule has 0 aliphatic rings. The molecule has 0 amide bonds. The van der Waals surface area contributed by atoms with Gasteiger partial charge in [-0.25, -0.2) is 0 Å². The molecule has 0 fully saturated rings. The molecular formula is C9H10F2O6S2. The first kappa shape index (κ1) is 16.0. The quantitative estimate of drug-likeness (QED) is 0.647. The summed E-state index contributed by atoms with van der Waals surface area (Å²) in [4.78, 5) is -0.360. The Hall–Kier alpha value is -1.10. The molecule has 1 rings (SSSR count). The normalized spacial score (nSPS) is 13.5. The Bertz CT molecular complexity index is 666. The number of rotatable bonds is 5. The zero-order chi connectivity index (χ0) is 14.9. The van der Waals surface area contributed by atoms with Gasteiger partial charge in [-0.05, 0) is 18.6 Å². The average molecular weight is 316 g/mol. The van der Waals surface area contributed by atoms with Crippen molar-refractivity contribution in [3.05, 3.63) is 29.8 Å². The predicted molar refractivity (Wildman–Crippen MR) is 60.8 cm³/mol. The molecule has 0 bridgehead atoms. The summed E-state index contributed by atoms with van der Waals surface area (Å²) in [7, 11) is -10.3. The van der Waals surface area contributed by atoms with E-state index in [1.54, 1.807) is 0 Å². The highest BCUT2D eigenvalue weighted by Crippen LogP contribution is 2.24. The van der Waals surface area contributed by atoms with E-state index in [9.17, 15) is 25.6 Å². The van der Waals surface area contributed by atoms with Gasteiger partial charge in [0, 0.05) is 0 Å². The lowest BCUT2D eigenvalue weighted by atomic mass is 10.2. The fourth-order valence-electron chi connectivity index (χ4n) is 1.12. The third-order valence-corrected chi connectivity index (χ3v) is 4.42. The van der Waals surface area contributed by atoms with E-state index in [1.807, 2.05) is 0 Å². The topological polar surface area (TPSA) is 97.7 Å². The van der Waals surface area contributed by atoms with Crippen LogP contribution in [0.1, 0.15) is 5.56 Å². The van der Waals surface area contributed by atoms with Crippen molar-refractivity contribution in [3.63, 3.8) is 0 Å². The standard InChI is InChI=1S/C9H10F2O6S2/c1-7-4-2-3-5-8(7)18(12,13)17-6-9(10,11)19(14,15)16/h2-5H,6H2,1H3,(H,14,15,16). The minimum absolute atomic E-state index is 0.248. The molecule has 10 heteroatoms. The number of alkyl halides is 2. The molecule has 19 heavy (non-hydrogen) atoms. The van der Waals surface area contributed by atoms with Crippen molar-refractivity contribution >= 4 is 20.2 Å². The van der Waals surface area contributed by atoms with E-state index in [0.717, 1.165) is 6.07 Å². The van der Waals surface area contributed by atoms with E-state index in [2.05, 4.69) is 4.18 Å². The van der Waals surface area contributed by atoms with Gasteiger partial charge in [-0.1, -0.05) is 18.2 Å². The monoisotopic (exact) mass is 316 g/mol. The summed E-state index contributed by atoms with van der Waals surface area (Å²) in [6.45, 7) is -0.584. The lowest BCUT2D eigenvalue weighted by Gasteiger charge is -2.13. The number of halogens is 2. The van der Waals surface area contributed by atoms with Gasteiger partial charge in [-0.2, -0.15) is 25.6 Å². The number of benzene rings is 1. The van der Waals surface area contributed by atoms with Gasteiger partial charge in [0.1, 0.15) is 6.61 Å². The van der Waals surface area contributed by atoms with Crippen LogP contribution >= 0.6 is 0 Å². The van der Waals surface area contributed by atoms with Gasteiger partial charge >= 0.3 is 15.4 Å². The Morgan fingerprint density at radius 1 is 1.21 bits per heavy atom. The maximum Gasteiger partial charge on any atom is 0.393 e. The van der Waals surface area contributed by atoms with E-state index in [1.165, 1.54) is 25.1 Å². The van der Waals surface area contributed by atoms with Crippen LogP contribution in [-0.4, -0.2) is 33.2 Å². The molecule has 6 nitrogen and oxygen atoms in total. The van der Waals surface area contributed by atoms with Gasteiger partial charge < -0.3 is 0 Å². The van der Waals surface area contributed by atoms with Crippen molar-refractivity contribution in [1.29, 1.82) is 0 Å². The molecule has 1 aromatic carbocycles. The zero-order valence-electron chi connectivity index (χ0n) is 9.58. The van der Waals surface area contributed by atoms with E-state index < -0.39 is 32.1 Å². The summed E-state index contributed by atoms with van der Waals surface area (Å²) in [5.41, 5.74) is 0.248. The maximum atomic E-state index is 12.8. The van der Waals surface area contributed by atoms with Crippen LogP contribution in [-0.2, 0) is 24.4 Å². The molecule has 0 saturated heterocycles. The second-order valence-corrected chi connectivity index (χ2v) is 6.73. The van der Waals surface area contributed by atoms with Crippen LogP contribution < -0.4 is 0 Å². The molecule has 0 unspecified atom stereocenters. The molecule has 0 aliphatic heterocycles. The molecule has 0 spiro atoms. The largest absolute Gasteiger partial charge is 0.393 e. The van der Waals surface area contributed by atoms with Crippen molar-refractivity contribution in [3.8, 4) is 0 Å². The first-order valence-electron chi connectivity index (χ1n) is 4.77. The zero-order valence-corrected chi connectivity index (χ0v) is 11.2. The third kappa shape index (κ3) is 3.69. The van der Waals surface area contributed by atoms with Crippen LogP contribution in [0.3, 0.4) is 0 Å². The smallest absolute Gasteiger partial charge is 0.281 e. The molecule has 0 saturated carbocycles. The van der Waals surface area contributed by atoms with E-state index in [-0.39, 0.29) is 10.5 Å². The Kier molecular flexibility index (Phi) is 4.30. The number of hydrogen-bond acceptors (Lipinski definition) is 5. The number of hydrogen-bond donors (Lipinski definition) is 1. The first-order valence-corrected chi connectivity index (χ1v) is 7.62. The van der Waals surface area contributed by atoms with Crippen molar-refractivity contribution in [2.75, 3.05) is 6.61 Å². The van der Waals surface area contributed by atoms with Crippen molar-refractivity contribution < 1.29 is 34.4 Å². The van der Waals surface area contributed by atoms with Crippen LogP contribution in [0, 0.1) is 6.92 Å². The minimum Gasteiger partial charge on any atom is -0.281 e. The van der Waals surface area contributed by atoms with Gasteiger partial charge in [0.2, 0.25) is 0 Å². The highest BCUT2D eigenvalue weighted by molar-refractivity contribution is 7.87. The van der Waals surface area contributed by atoms with E-state index in [0.29, 0.717) is 0 Å². The number of aryl methyl sites for hydroxylation is 1. The van der Waals surface area contributed by atoms with E-state index in [4.69, 9.17) is 4.55 Å². The second kappa shape index (κ2) is 5.12. The van der Waals surface area contributed by atoms with E-state index >= 15 is 0 Å². The second-order valence-electron chi connectivity index (χ2n) is 3.59. The van der Waals surface area contributed by atoms with Gasteiger partial charge in [0.05, 0.1) is 4.90 Å². The molecule has 0 radical (unpaired) electrons. The Morgan fingerprint density at radius 2 is 1.74 bits per heavy atom. The SMILES string of the molecule is Cc1ccccc1S(=O)(=O)OCC(F)(F)S(=O)(=O)O. The summed E-state index contributed by atoms with van der Waals surface area (Å²) < 4.78 is 81.7. The molecular weight excluding hydrogens is 306 g/mol. The van der Waals surface area contributed by atoms with Crippen molar-refractivity contribution in [2.45, 2.75) is 17.1 Å². The highest BCUT2D eigenvalue weighted by Gasteiger charge is 2.46. The fourth-order valence-corrected chi connectivity index (χ4v) is 2.54. The highest BCUT2D eigenvalue weighted by atomic mass is 32.2. The summed E-state index contributed by atoms with van der Waals surface area (Å²) in [6, 6.07) is 5.42. The summed E-state index contributed by atoms with van der Waals surface area (Å²) in [5, 5.41) is -4.71. The lowest BCUT2D eigenvalue weighted by Crippen LogP contribution is -2.34. The van der Waals surface area contributed by atoms with Crippen molar-refractivity contribution in [1.82, 2.24) is 0 Å². The molecule has 1 aromatic rings. The first-order chi connectivity index (χ1) is 8.47. The Balaban J connectivity index is 2.99. The Labute approximate surface area is 108 Å². The maximum absolute atomic E-state index is 12.8. The van der Waals surface area contributed by atoms with Gasteiger partial charge in [-0.3, -0.25) is 8.74 Å². The van der Waals surface area contributed by atoms with Gasteiger partial charge in [0.25, 0.3) is 10.1 Å². The molecule has 0 aromatic heterocycles.